The predicted octanol–water partition coefficient (Wildman–Crippen LogP) is 4.13. The van der Waals surface area contributed by atoms with Crippen molar-refractivity contribution in [3.63, 3.8) is 0 Å². The van der Waals surface area contributed by atoms with E-state index in [1.165, 1.54) is 0 Å². The highest BCUT2D eigenvalue weighted by Gasteiger charge is 2.24. The summed E-state index contributed by atoms with van der Waals surface area (Å²) in [5, 5.41) is 6.33. The Bertz CT molecular complexity index is 957. The second kappa shape index (κ2) is 7.41. The minimum absolute atomic E-state index is 0.100. The monoisotopic (exact) mass is 360 g/mol. The van der Waals surface area contributed by atoms with Crippen LogP contribution >= 0.6 is 0 Å². The number of fused-ring (bicyclic) bond motifs is 1. The van der Waals surface area contributed by atoms with Crippen molar-refractivity contribution in [1.29, 1.82) is 0 Å². The predicted molar refractivity (Wildman–Crippen MR) is 104 cm³/mol. The van der Waals surface area contributed by atoms with Gasteiger partial charge in [-0.05, 0) is 35.4 Å². The molecule has 0 spiro atoms. The summed E-state index contributed by atoms with van der Waals surface area (Å²) in [6.45, 7) is 0.438. The van der Waals surface area contributed by atoms with Gasteiger partial charge in [0.05, 0.1) is 12.7 Å². The van der Waals surface area contributed by atoms with E-state index in [4.69, 9.17) is 9.47 Å². The third-order valence-electron chi connectivity index (χ3n) is 4.51. The lowest BCUT2D eigenvalue weighted by Gasteiger charge is -2.28. The average molecular weight is 360 g/mol. The van der Waals surface area contributed by atoms with E-state index in [1.807, 2.05) is 66.7 Å². The molecule has 3 aromatic carbocycles. The molecule has 1 atom stereocenters. The lowest BCUT2D eigenvalue weighted by molar-refractivity contribution is 0.0935. The second-order valence-corrected chi connectivity index (χ2v) is 6.28. The fraction of sp³-hybridized carbons (Fsp3) is 0.136. The maximum atomic E-state index is 12.4. The van der Waals surface area contributed by atoms with Crippen LogP contribution in [0.1, 0.15) is 27.7 Å². The summed E-state index contributed by atoms with van der Waals surface area (Å²) in [7, 11) is 1.61. The van der Waals surface area contributed by atoms with Crippen molar-refractivity contribution in [3.05, 3.63) is 89.5 Å². The fourth-order valence-corrected chi connectivity index (χ4v) is 3.10. The second-order valence-electron chi connectivity index (χ2n) is 6.28. The third kappa shape index (κ3) is 3.58. The van der Waals surface area contributed by atoms with Gasteiger partial charge in [0, 0.05) is 5.69 Å². The SMILES string of the molecule is COc1ccc(C2NC(=O)c3ccccc3N2)cc1OCc1ccccc1. The molecule has 1 aliphatic heterocycles. The van der Waals surface area contributed by atoms with Gasteiger partial charge in [-0.3, -0.25) is 4.79 Å². The Kier molecular flexibility index (Phi) is 4.66. The molecule has 5 heteroatoms. The van der Waals surface area contributed by atoms with Crippen LogP contribution in [0.3, 0.4) is 0 Å². The Morgan fingerprint density at radius 1 is 0.889 bits per heavy atom. The van der Waals surface area contributed by atoms with Gasteiger partial charge in [0.1, 0.15) is 12.8 Å². The van der Waals surface area contributed by atoms with Gasteiger partial charge < -0.3 is 20.1 Å². The molecule has 4 rings (SSSR count). The van der Waals surface area contributed by atoms with Gasteiger partial charge in [0.15, 0.2) is 11.5 Å². The van der Waals surface area contributed by atoms with Gasteiger partial charge in [-0.25, -0.2) is 0 Å². The van der Waals surface area contributed by atoms with E-state index < -0.39 is 0 Å². The van der Waals surface area contributed by atoms with Gasteiger partial charge in [-0.2, -0.15) is 0 Å². The van der Waals surface area contributed by atoms with E-state index in [0.29, 0.717) is 23.7 Å². The number of rotatable bonds is 5. The van der Waals surface area contributed by atoms with Crippen molar-refractivity contribution in [3.8, 4) is 11.5 Å². The fourth-order valence-electron chi connectivity index (χ4n) is 3.10. The summed E-state index contributed by atoms with van der Waals surface area (Å²) in [6, 6.07) is 23.1. The van der Waals surface area contributed by atoms with E-state index >= 15 is 0 Å². The van der Waals surface area contributed by atoms with Crippen molar-refractivity contribution < 1.29 is 14.3 Å². The molecule has 1 aliphatic rings. The van der Waals surface area contributed by atoms with Gasteiger partial charge >= 0.3 is 0 Å². The van der Waals surface area contributed by atoms with Crippen LogP contribution in [0.15, 0.2) is 72.8 Å². The summed E-state index contributed by atoms with van der Waals surface area (Å²) in [4.78, 5) is 12.4. The Balaban J connectivity index is 1.58. The third-order valence-corrected chi connectivity index (χ3v) is 4.51. The number of benzene rings is 3. The van der Waals surface area contributed by atoms with E-state index in [0.717, 1.165) is 16.8 Å². The van der Waals surface area contributed by atoms with Crippen molar-refractivity contribution in [2.24, 2.45) is 0 Å². The molecule has 2 N–H and O–H groups in total. The quantitative estimate of drug-likeness (QED) is 0.718. The number of carbonyl (C=O) groups excluding carboxylic acids is 1. The zero-order valence-corrected chi connectivity index (χ0v) is 14.9. The Morgan fingerprint density at radius 3 is 2.48 bits per heavy atom. The summed E-state index contributed by atoms with van der Waals surface area (Å²) < 4.78 is 11.4. The van der Waals surface area contributed by atoms with Crippen LogP contribution in [0.5, 0.6) is 11.5 Å². The zero-order chi connectivity index (χ0) is 18.6. The molecule has 5 nitrogen and oxygen atoms in total. The average Bonchev–Trinajstić information content (AvgIpc) is 2.73. The van der Waals surface area contributed by atoms with Crippen LogP contribution in [-0.2, 0) is 6.61 Å². The molecule has 1 heterocycles. The minimum Gasteiger partial charge on any atom is -0.493 e. The number of ether oxygens (including phenoxy) is 2. The highest BCUT2D eigenvalue weighted by molar-refractivity contribution is 6.01. The molecule has 3 aromatic rings. The number of methoxy groups -OCH3 is 1. The van der Waals surface area contributed by atoms with Gasteiger partial charge in [-0.1, -0.05) is 48.5 Å². The highest BCUT2D eigenvalue weighted by Crippen LogP contribution is 2.33. The number of hydrogen-bond acceptors (Lipinski definition) is 4. The van der Waals surface area contributed by atoms with Crippen LogP contribution in [0.4, 0.5) is 5.69 Å². The molecule has 0 saturated carbocycles. The number of hydrogen-bond donors (Lipinski definition) is 2. The standard InChI is InChI=1S/C22H20N2O3/c1-26-19-12-11-16(13-20(19)27-14-15-7-3-2-4-8-15)21-23-18-10-6-5-9-17(18)22(25)24-21/h2-13,21,23H,14H2,1H3,(H,24,25). The first-order chi connectivity index (χ1) is 13.2. The lowest BCUT2D eigenvalue weighted by atomic mass is 10.1. The molecule has 1 unspecified atom stereocenters. The highest BCUT2D eigenvalue weighted by atomic mass is 16.5. The number of carbonyl (C=O) groups is 1. The molecule has 0 bridgehead atoms. The lowest BCUT2D eigenvalue weighted by Crippen LogP contribution is -2.38. The molecule has 0 aromatic heterocycles. The summed E-state index contributed by atoms with van der Waals surface area (Å²) in [5.74, 6) is 1.18. The number of nitrogens with one attached hydrogen (secondary N) is 2. The van der Waals surface area contributed by atoms with Crippen LogP contribution in [-0.4, -0.2) is 13.0 Å². The topological polar surface area (TPSA) is 59.6 Å². The minimum atomic E-state index is -0.336. The van der Waals surface area contributed by atoms with Crippen LogP contribution in [0.25, 0.3) is 0 Å². The summed E-state index contributed by atoms with van der Waals surface area (Å²) in [5.41, 5.74) is 3.42. The Hall–Kier alpha value is -3.47. The summed E-state index contributed by atoms with van der Waals surface area (Å²) in [6.07, 6.45) is -0.336. The zero-order valence-electron chi connectivity index (χ0n) is 14.9. The smallest absolute Gasteiger partial charge is 0.255 e. The first-order valence-corrected chi connectivity index (χ1v) is 8.75. The number of amides is 1. The molecular formula is C22H20N2O3. The molecular weight excluding hydrogens is 340 g/mol. The largest absolute Gasteiger partial charge is 0.493 e. The number of para-hydroxylation sites is 1. The Labute approximate surface area is 157 Å². The van der Waals surface area contributed by atoms with Crippen molar-refractivity contribution >= 4 is 11.6 Å². The maximum absolute atomic E-state index is 12.4. The van der Waals surface area contributed by atoms with E-state index in [-0.39, 0.29) is 12.1 Å². The van der Waals surface area contributed by atoms with Crippen molar-refractivity contribution in [1.82, 2.24) is 5.32 Å². The van der Waals surface area contributed by atoms with E-state index in [9.17, 15) is 4.79 Å². The van der Waals surface area contributed by atoms with Gasteiger partial charge in [-0.15, -0.1) is 0 Å². The first kappa shape index (κ1) is 17.0. The van der Waals surface area contributed by atoms with Crippen LogP contribution in [0, 0.1) is 0 Å². The molecule has 0 saturated heterocycles. The van der Waals surface area contributed by atoms with Crippen LogP contribution in [0.2, 0.25) is 0 Å². The number of anilines is 1. The molecule has 27 heavy (non-hydrogen) atoms. The molecule has 1 amide bonds. The van der Waals surface area contributed by atoms with Gasteiger partial charge in [0.25, 0.3) is 5.91 Å². The first-order valence-electron chi connectivity index (χ1n) is 8.75. The van der Waals surface area contributed by atoms with Crippen molar-refractivity contribution in [2.75, 3.05) is 12.4 Å². The van der Waals surface area contributed by atoms with Crippen LogP contribution < -0.4 is 20.1 Å². The Morgan fingerprint density at radius 2 is 1.67 bits per heavy atom. The molecule has 0 radical (unpaired) electrons. The summed E-state index contributed by atoms with van der Waals surface area (Å²) >= 11 is 0. The normalized spacial score (nSPS) is 15.3. The van der Waals surface area contributed by atoms with Crippen molar-refractivity contribution in [2.45, 2.75) is 12.8 Å². The molecule has 136 valence electrons. The van der Waals surface area contributed by atoms with E-state index in [1.54, 1.807) is 13.2 Å². The van der Waals surface area contributed by atoms with E-state index in [2.05, 4.69) is 10.6 Å². The maximum Gasteiger partial charge on any atom is 0.255 e. The molecule has 0 fully saturated rings. The molecule has 0 aliphatic carbocycles. The van der Waals surface area contributed by atoms with Gasteiger partial charge in [0.2, 0.25) is 0 Å².